The van der Waals surface area contributed by atoms with Crippen molar-refractivity contribution in [2.75, 3.05) is 19.0 Å². The Morgan fingerprint density at radius 2 is 2.33 bits per heavy atom. The molecular formula is C10H12BrNO3. The molecule has 0 aliphatic carbocycles. The molecule has 2 N–H and O–H groups in total. The van der Waals surface area contributed by atoms with Gasteiger partial charge in [0.15, 0.2) is 0 Å². The minimum absolute atomic E-state index is 0.0820. The highest BCUT2D eigenvalue weighted by molar-refractivity contribution is 9.09. The standard InChI is InChI=1S/C10H12BrNO3/c1-15-7-2-3-8(9(13)6-7)10(14)12-5-4-11/h2-3,6,13H,4-5H2,1H3,(H,12,14). The van der Waals surface area contributed by atoms with Crippen molar-refractivity contribution < 1.29 is 14.6 Å². The third kappa shape index (κ3) is 3.13. The lowest BCUT2D eigenvalue weighted by Crippen LogP contribution is -2.25. The van der Waals surface area contributed by atoms with Crippen LogP contribution in [0.1, 0.15) is 10.4 Å². The highest BCUT2D eigenvalue weighted by Gasteiger charge is 2.10. The average molecular weight is 274 g/mol. The molecule has 5 heteroatoms. The summed E-state index contributed by atoms with van der Waals surface area (Å²) in [6, 6.07) is 4.56. The fourth-order valence-corrected chi connectivity index (χ4v) is 1.28. The van der Waals surface area contributed by atoms with Crippen molar-refractivity contribution in [3.63, 3.8) is 0 Å². The van der Waals surface area contributed by atoms with Gasteiger partial charge in [-0.05, 0) is 12.1 Å². The smallest absolute Gasteiger partial charge is 0.255 e. The zero-order valence-corrected chi connectivity index (χ0v) is 9.87. The first kappa shape index (κ1) is 11.8. The second-order valence-electron chi connectivity index (χ2n) is 2.83. The van der Waals surface area contributed by atoms with Gasteiger partial charge in [0.1, 0.15) is 11.5 Å². The number of carbonyl (C=O) groups is 1. The fourth-order valence-electron chi connectivity index (χ4n) is 1.09. The maximum Gasteiger partial charge on any atom is 0.255 e. The van der Waals surface area contributed by atoms with Gasteiger partial charge < -0.3 is 15.2 Å². The van der Waals surface area contributed by atoms with Crippen molar-refractivity contribution >= 4 is 21.8 Å². The van der Waals surface area contributed by atoms with Crippen molar-refractivity contribution in [3.05, 3.63) is 23.8 Å². The molecule has 0 fully saturated rings. The summed E-state index contributed by atoms with van der Waals surface area (Å²) >= 11 is 3.19. The second kappa shape index (κ2) is 5.60. The molecule has 0 spiro atoms. The number of nitrogens with one attached hydrogen (secondary N) is 1. The second-order valence-corrected chi connectivity index (χ2v) is 3.62. The monoisotopic (exact) mass is 273 g/mol. The summed E-state index contributed by atoms with van der Waals surface area (Å²) in [6.07, 6.45) is 0. The number of alkyl halides is 1. The topological polar surface area (TPSA) is 58.6 Å². The first-order valence-electron chi connectivity index (χ1n) is 4.40. The van der Waals surface area contributed by atoms with E-state index in [1.165, 1.54) is 19.2 Å². The van der Waals surface area contributed by atoms with Gasteiger partial charge in [0.05, 0.1) is 12.7 Å². The van der Waals surface area contributed by atoms with Gasteiger partial charge in [-0.2, -0.15) is 0 Å². The first-order valence-corrected chi connectivity index (χ1v) is 5.52. The summed E-state index contributed by atoms with van der Waals surface area (Å²) in [4.78, 5) is 11.5. The third-order valence-corrected chi connectivity index (χ3v) is 2.23. The maximum atomic E-state index is 11.5. The number of phenols is 1. The quantitative estimate of drug-likeness (QED) is 0.818. The summed E-state index contributed by atoms with van der Waals surface area (Å²) < 4.78 is 4.91. The summed E-state index contributed by atoms with van der Waals surface area (Å²) in [5.41, 5.74) is 0.247. The van der Waals surface area contributed by atoms with Gasteiger partial charge in [-0.25, -0.2) is 0 Å². The third-order valence-electron chi connectivity index (χ3n) is 1.83. The normalized spacial score (nSPS) is 9.73. The molecule has 0 saturated carbocycles. The molecule has 1 aromatic carbocycles. The minimum atomic E-state index is -0.297. The van der Waals surface area contributed by atoms with E-state index in [2.05, 4.69) is 21.2 Å². The Bertz CT molecular complexity index is 355. The number of amides is 1. The average Bonchev–Trinajstić information content (AvgIpc) is 2.25. The molecule has 4 nitrogen and oxygen atoms in total. The van der Waals surface area contributed by atoms with Crippen LogP contribution in [0.4, 0.5) is 0 Å². The van der Waals surface area contributed by atoms with Crippen LogP contribution >= 0.6 is 15.9 Å². The molecular weight excluding hydrogens is 262 g/mol. The van der Waals surface area contributed by atoms with Crippen LogP contribution in [0.25, 0.3) is 0 Å². The van der Waals surface area contributed by atoms with Crippen LogP contribution in [-0.2, 0) is 0 Å². The minimum Gasteiger partial charge on any atom is -0.507 e. The van der Waals surface area contributed by atoms with Crippen molar-refractivity contribution in [2.24, 2.45) is 0 Å². The molecule has 0 aliphatic heterocycles. The van der Waals surface area contributed by atoms with Crippen molar-refractivity contribution in [1.29, 1.82) is 0 Å². The summed E-state index contributed by atoms with van der Waals surface area (Å²) in [7, 11) is 1.50. The van der Waals surface area contributed by atoms with E-state index in [4.69, 9.17) is 4.74 Å². The van der Waals surface area contributed by atoms with E-state index in [9.17, 15) is 9.90 Å². The molecule has 0 bridgehead atoms. The van der Waals surface area contributed by atoms with Crippen molar-refractivity contribution in [3.8, 4) is 11.5 Å². The van der Waals surface area contributed by atoms with Crippen LogP contribution in [0.15, 0.2) is 18.2 Å². The Morgan fingerprint density at radius 1 is 1.60 bits per heavy atom. The van der Waals surface area contributed by atoms with Crippen LogP contribution in [0.2, 0.25) is 0 Å². The summed E-state index contributed by atoms with van der Waals surface area (Å²) in [5, 5.41) is 12.9. The van der Waals surface area contributed by atoms with Gasteiger partial charge in [0.25, 0.3) is 5.91 Å². The number of aromatic hydroxyl groups is 1. The highest BCUT2D eigenvalue weighted by atomic mass is 79.9. The van der Waals surface area contributed by atoms with E-state index in [0.29, 0.717) is 17.6 Å². The van der Waals surface area contributed by atoms with E-state index in [1.807, 2.05) is 0 Å². The summed E-state index contributed by atoms with van der Waals surface area (Å²) in [6.45, 7) is 0.518. The Morgan fingerprint density at radius 3 is 2.87 bits per heavy atom. The van der Waals surface area contributed by atoms with E-state index >= 15 is 0 Å². The largest absolute Gasteiger partial charge is 0.507 e. The van der Waals surface area contributed by atoms with Gasteiger partial charge in [0.2, 0.25) is 0 Å². The van der Waals surface area contributed by atoms with Crippen LogP contribution in [0, 0.1) is 0 Å². The highest BCUT2D eigenvalue weighted by Crippen LogP contribution is 2.22. The first-order chi connectivity index (χ1) is 7.19. The number of ether oxygens (including phenoxy) is 1. The molecule has 0 saturated heterocycles. The predicted molar refractivity (Wildman–Crippen MR) is 60.8 cm³/mol. The van der Waals surface area contributed by atoms with E-state index in [-0.39, 0.29) is 17.2 Å². The van der Waals surface area contributed by atoms with Gasteiger partial charge in [-0.15, -0.1) is 0 Å². The van der Waals surface area contributed by atoms with Crippen molar-refractivity contribution in [2.45, 2.75) is 0 Å². The zero-order valence-electron chi connectivity index (χ0n) is 8.29. The SMILES string of the molecule is COc1ccc(C(=O)NCCBr)c(O)c1. The number of methoxy groups -OCH3 is 1. The molecule has 0 aromatic heterocycles. The van der Waals surface area contributed by atoms with E-state index < -0.39 is 0 Å². The molecule has 0 radical (unpaired) electrons. The molecule has 0 aliphatic rings. The van der Waals surface area contributed by atoms with Gasteiger partial charge in [-0.1, -0.05) is 15.9 Å². The van der Waals surface area contributed by atoms with Crippen LogP contribution in [0.3, 0.4) is 0 Å². The number of benzene rings is 1. The van der Waals surface area contributed by atoms with Gasteiger partial charge >= 0.3 is 0 Å². The molecule has 15 heavy (non-hydrogen) atoms. The number of hydrogen-bond acceptors (Lipinski definition) is 3. The lowest BCUT2D eigenvalue weighted by Gasteiger charge is -2.06. The molecule has 1 aromatic rings. The number of rotatable bonds is 4. The molecule has 0 unspecified atom stereocenters. The Labute approximate surface area is 96.4 Å². The maximum absolute atomic E-state index is 11.5. The molecule has 0 heterocycles. The number of phenolic OH excluding ortho intramolecular Hbond substituents is 1. The fraction of sp³-hybridized carbons (Fsp3) is 0.300. The number of hydrogen-bond donors (Lipinski definition) is 2. The molecule has 1 amide bonds. The van der Waals surface area contributed by atoms with E-state index in [0.717, 1.165) is 0 Å². The Hall–Kier alpha value is -1.23. The predicted octanol–water partition coefficient (Wildman–Crippen LogP) is 1.53. The van der Waals surface area contributed by atoms with Gasteiger partial charge in [-0.3, -0.25) is 4.79 Å². The van der Waals surface area contributed by atoms with Gasteiger partial charge in [0, 0.05) is 17.9 Å². The molecule has 1 rings (SSSR count). The van der Waals surface area contributed by atoms with Crippen LogP contribution < -0.4 is 10.1 Å². The van der Waals surface area contributed by atoms with Crippen molar-refractivity contribution in [1.82, 2.24) is 5.32 Å². The Balaban J connectivity index is 2.81. The number of carbonyl (C=O) groups excluding carboxylic acids is 1. The summed E-state index contributed by atoms with van der Waals surface area (Å²) in [5.74, 6) is 0.139. The molecule has 82 valence electrons. The zero-order chi connectivity index (χ0) is 11.3. The molecule has 0 atom stereocenters. The lowest BCUT2D eigenvalue weighted by atomic mass is 10.2. The Kier molecular flexibility index (Phi) is 4.42. The van der Waals surface area contributed by atoms with E-state index in [1.54, 1.807) is 6.07 Å². The van der Waals surface area contributed by atoms with Crippen LogP contribution in [0.5, 0.6) is 11.5 Å². The van der Waals surface area contributed by atoms with Crippen LogP contribution in [-0.4, -0.2) is 30.0 Å². The lowest BCUT2D eigenvalue weighted by molar-refractivity contribution is 0.0953. The number of halogens is 1.